The van der Waals surface area contributed by atoms with Gasteiger partial charge in [0.1, 0.15) is 5.76 Å². The van der Waals surface area contributed by atoms with Gasteiger partial charge in [0.15, 0.2) is 0 Å². The smallest absolute Gasteiger partial charge is 0.280 e. The van der Waals surface area contributed by atoms with Crippen LogP contribution in [0.5, 0.6) is 0 Å². The molecule has 1 amide bonds. The van der Waals surface area contributed by atoms with E-state index >= 15 is 0 Å². The molecule has 0 aliphatic carbocycles. The summed E-state index contributed by atoms with van der Waals surface area (Å²) in [6.45, 7) is 3.31. The van der Waals surface area contributed by atoms with E-state index in [4.69, 9.17) is 9.15 Å². The molecule has 35 heavy (non-hydrogen) atoms. The molecule has 0 spiro atoms. The number of carbonyl (C=O) groups excluding carboxylic acids is 1. The Morgan fingerprint density at radius 1 is 1.14 bits per heavy atom. The molecule has 1 aliphatic rings. The molecule has 4 aromatic rings. The number of anilines is 1. The average Bonchev–Trinajstić information content (AvgIpc) is 3.54. The predicted octanol–water partition coefficient (Wildman–Crippen LogP) is 3.90. The van der Waals surface area contributed by atoms with Gasteiger partial charge < -0.3 is 9.15 Å². The Balaban J connectivity index is 1.47. The van der Waals surface area contributed by atoms with Gasteiger partial charge in [-0.05, 0) is 61.0 Å². The molecule has 0 atom stereocenters. The van der Waals surface area contributed by atoms with E-state index in [1.54, 1.807) is 12.1 Å². The Hall–Kier alpha value is -3.38. The van der Waals surface area contributed by atoms with Crippen molar-refractivity contribution in [1.82, 2.24) is 9.29 Å². The number of benzene rings is 2. The molecule has 1 aliphatic heterocycles. The fourth-order valence-electron chi connectivity index (χ4n) is 3.61. The van der Waals surface area contributed by atoms with Crippen molar-refractivity contribution in [1.29, 1.82) is 0 Å². The largest absolute Gasteiger partial charge is 0.463 e. The second kappa shape index (κ2) is 9.70. The average molecular weight is 511 g/mol. The zero-order valence-electron chi connectivity index (χ0n) is 18.8. The number of nitrogens with zero attached hydrogens (tertiary/aromatic N) is 4. The topological polar surface area (TPSA) is 105 Å². The van der Waals surface area contributed by atoms with E-state index in [1.165, 1.54) is 57.4 Å². The molecule has 11 heteroatoms. The van der Waals surface area contributed by atoms with Gasteiger partial charge in [-0.15, -0.1) is 0 Å². The number of hydrogen-bond donors (Lipinski definition) is 0. The van der Waals surface area contributed by atoms with E-state index < -0.39 is 15.9 Å². The molecule has 180 valence electrons. The Kier molecular flexibility index (Phi) is 6.48. The van der Waals surface area contributed by atoms with Crippen LogP contribution in [0.15, 0.2) is 75.3 Å². The van der Waals surface area contributed by atoms with Gasteiger partial charge in [-0.2, -0.15) is 14.4 Å². The summed E-state index contributed by atoms with van der Waals surface area (Å²) in [6, 6.07) is 15.2. The number of amides is 1. The number of sulfonamides is 1. The van der Waals surface area contributed by atoms with Gasteiger partial charge in [-0.25, -0.2) is 13.4 Å². The zero-order chi connectivity index (χ0) is 24.4. The molecule has 3 heterocycles. The van der Waals surface area contributed by atoms with Gasteiger partial charge in [-0.1, -0.05) is 17.4 Å². The highest BCUT2D eigenvalue weighted by Crippen LogP contribution is 2.31. The molecular weight excluding hydrogens is 488 g/mol. The zero-order valence-corrected chi connectivity index (χ0v) is 20.5. The summed E-state index contributed by atoms with van der Waals surface area (Å²) >= 11 is 1.34. The number of furan rings is 1. The van der Waals surface area contributed by atoms with Crippen LogP contribution in [0.4, 0.5) is 5.13 Å². The normalized spacial score (nSPS) is 15.1. The molecule has 2 aromatic heterocycles. The minimum atomic E-state index is -3.66. The maximum Gasteiger partial charge on any atom is 0.280 e. The molecule has 2 aromatic carbocycles. The van der Waals surface area contributed by atoms with Gasteiger partial charge in [0.2, 0.25) is 15.2 Å². The molecule has 0 radical (unpaired) electrons. The van der Waals surface area contributed by atoms with Crippen molar-refractivity contribution in [3.63, 3.8) is 0 Å². The summed E-state index contributed by atoms with van der Waals surface area (Å²) in [6.07, 6.45) is 2.95. The second-order valence-electron chi connectivity index (χ2n) is 7.89. The predicted molar refractivity (Wildman–Crippen MR) is 133 cm³/mol. The number of fused-ring (bicyclic) bond motifs is 1. The monoisotopic (exact) mass is 510 g/mol. The Morgan fingerprint density at radius 2 is 1.91 bits per heavy atom. The quantitative estimate of drug-likeness (QED) is 0.288. The Morgan fingerprint density at radius 3 is 2.63 bits per heavy atom. The van der Waals surface area contributed by atoms with Crippen molar-refractivity contribution in [2.24, 2.45) is 5.10 Å². The fourth-order valence-corrected chi connectivity index (χ4v) is 6.03. The first-order valence-corrected chi connectivity index (χ1v) is 13.1. The lowest BCUT2D eigenvalue weighted by Gasteiger charge is -2.26. The number of carbonyl (C=O) groups is 1. The Bertz CT molecular complexity index is 1470. The second-order valence-corrected chi connectivity index (χ2v) is 10.8. The molecule has 0 N–H and O–H groups in total. The fraction of sp³-hybridized carbons (Fsp3) is 0.208. The van der Waals surface area contributed by atoms with Gasteiger partial charge in [0, 0.05) is 18.7 Å². The van der Waals surface area contributed by atoms with E-state index in [1.807, 2.05) is 25.1 Å². The Labute approximate surface area is 206 Å². The van der Waals surface area contributed by atoms with Crippen molar-refractivity contribution in [3.8, 4) is 0 Å². The third kappa shape index (κ3) is 4.89. The maximum atomic E-state index is 13.5. The number of hydrazone groups is 1. The minimum Gasteiger partial charge on any atom is -0.463 e. The lowest BCUT2D eigenvalue weighted by atomic mass is 10.2. The highest BCUT2D eigenvalue weighted by atomic mass is 32.2. The molecule has 0 saturated carbocycles. The van der Waals surface area contributed by atoms with E-state index in [0.29, 0.717) is 37.2 Å². The first-order valence-electron chi connectivity index (χ1n) is 10.9. The number of morpholine rings is 1. The number of aromatic nitrogens is 1. The van der Waals surface area contributed by atoms with Crippen molar-refractivity contribution < 1.29 is 22.4 Å². The SMILES string of the molecule is Cc1ccc2nc(N(/N=C/c3ccco3)C(=O)c3ccc(S(=O)(=O)N4CCOCC4)cc3)sc2c1. The van der Waals surface area contributed by atoms with E-state index in [0.717, 1.165) is 15.8 Å². The van der Waals surface area contributed by atoms with Crippen LogP contribution in [0.3, 0.4) is 0 Å². The summed E-state index contributed by atoms with van der Waals surface area (Å²) < 4.78 is 38.7. The van der Waals surface area contributed by atoms with Crippen LogP contribution in [0.1, 0.15) is 21.7 Å². The van der Waals surface area contributed by atoms with Crippen LogP contribution in [0.25, 0.3) is 10.2 Å². The van der Waals surface area contributed by atoms with E-state index in [9.17, 15) is 13.2 Å². The number of rotatable bonds is 6. The van der Waals surface area contributed by atoms with Crippen LogP contribution in [-0.2, 0) is 14.8 Å². The number of hydrogen-bond acceptors (Lipinski definition) is 8. The summed E-state index contributed by atoms with van der Waals surface area (Å²) in [4.78, 5) is 18.2. The van der Waals surface area contributed by atoms with Crippen LogP contribution in [-0.4, -0.2) is 56.1 Å². The van der Waals surface area contributed by atoms with Gasteiger partial charge in [0.05, 0.1) is 40.8 Å². The van der Waals surface area contributed by atoms with Gasteiger partial charge in [0.25, 0.3) is 5.91 Å². The molecule has 1 fully saturated rings. The van der Waals surface area contributed by atoms with E-state index in [-0.39, 0.29) is 10.5 Å². The standard InChI is InChI=1S/C24H22N4O5S2/c1-17-4-9-21-22(15-17)34-24(26-21)28(25-16-19-3-2-12-33-19)23(29)18-5-7-20(8-6-18)35(30,31)27-10-13-32-14-11-27/h2-9,12,15-16H,10-11,13-14H2,1H3/b25-16+. The van der Waals surface area contributed by atoms with E-state index in [2.05, 4.69) is 10.1 Å². The van der Waals surface area contributed by atoms with Crippen molar-refractivity contribution in [2.75, 3.05) is 31.3 Å². The molecule has 0 unspecified atom stereocenters. The first kappa shape index (κ1) is 23.4. The summed E-state index contributed by atoms with van der Waals surface area (Å²) in [5.41, 5.74) is 2.12. The lowest BCUT2D eigenvalue weighted by Crippen LogP contribution is -2.40. The number of aryl methyl sites for hydroxylation is 1. The summed E-state index contributed by atoms with van der Waals surface area (Å²) in [7, 11) is -3.66. The lowest BCUT2D eigenvalue weighted by molar-refractivity contribution is 0.0730. The number of ether oxygens (including phenoxy) is 1. The third-order valence-electron chi connectivity index (χ3n) is 5.46. The van der Waals surface area contributed by atoms with Gasteiger partial charge >= 0.3 is 0 Å². The molecule has 1 saturated heterocycles. The van der Waals surface area contributed by atoms with Crippen LogP contribution in [0.2, 0.25) is 0 Å². The number of thiazole rings is 1. The van der Waals surface area contributed by atoms with Crippen molar-refractivity contribution in [3.05, 3.63) is 77.7 Å². The van der Waals surface area contributed by atoms with Crippen molar-refractivity contribution >= 4 is 48.8 Å². The summed E-state index contributed by atoms with van der Waals surface area (Å²) in [5, 5.41) is 5.94. The molecular formula is C24H22N4O5S2. The van der Waals surface area contributed by atoms with Crippen molar-refractivity contribution in [2.45, 2.75) is 11.8 Å². The molecule has 9 nitrogen and oxygen atoms in total. The summed E-state index contributed by atoms with van der Waals surface area (Å²) in [5.74, 6) is 0.0330. The minimum absolute atomic E-state index is 0.122. The molecule has 0 bridgehead atoms. The highest BCUT2D eigenvalue weighted by Gasteiger charge is 2.27. The molecule has 5 rings (SSSR count). The van der Waals surface area contributed by atoms with Crippen LogP contribution < -0.4 is 5.01 Å². The van der Waals surface area contributed by atoms with Crippen LogP contribution >= 0.6 is 11.3 Å². The third-order valence-corrected chi connectivity index (χ3v) is 8.37. The maximum absolute atomic E-state index is 13.5. The van der Waals surface area contributed by atoms with Crippen LogP contribution in [0, 0.1) is 6.92 Å². The van der Waals surface area contributed by atoms with Gasteiger partial charge in [-0.3, -0.25) is 4.79 Å². The highest BCUT2D eigenvalue weighted by molar-refractivity contribution is 7.89. The first-order chi connectivity index (χ1) is 16.9.